The van der Waals surface area contributed by atoms with Crippen molar-refractivity contribution in [1.29, 1.82) is 0 Å². The summed E-state index contributed by atoms with van der Waals surface area (Å²) in [6.07, 6.45) is 7.28. The third-order valence-corrected chi connectivity index (χ3v) is 2.67. The van der Waals surface area contributed by atoms with Crippen LogP contribution in [0.1, 0.15) is 32.1 Å². The normalized spacial score (nSPS) is 16.8. The van der Waals surface area contributed by atoms with Crippen LogP contribution in [0.3, 0.4) is 0 Å². The van der Waals surface area contributed by atoms with Crippen LogP contribution in [0.15, 0.2) is 0 Å². The molecule has 112 valence electrons. The fourth-order valence-electron chi connectivity index (χ4n) is 1.86. The van der Waals surface area contributed by atoms with Crippen molar-refractivity contribution in [1.82, 2.24) is 0 Å². The fraction of sp³-hybridized carbons (Fsp3) is 1.00. The Hall–Kier alpha value is -0.460. The van der Waals surface area contributed by atoms with Gasteiger partial charge in [-0.15, -0.1) is 0 Å². The quantitative estimate of drug-likeness (QED) is 0.494. The Morgan fingerprint density at radius 2 is 1.00 bits per heavy atom. The standard InChI is InChI=1S/C9H20N.2CHF3/c1-10(2,3)9-7-5-4-6-8-9;2*2-1(3)4/h9H,4-8H2,1-3H3;2*1H/q+1;;. The molecule has 0 atom stereocenters. The average Bonchev–Trinajstić information content (AvgIpc) is 2.16. The smallest absolute Gasteiger partial charge is 0.328 e. The molecule has 0 aromatic rings. The third-order valence-electron chi connectivity index (χ3n) is 2.67. The van der Waals surface area contributed by atoms with E-state index < -0.39 is 13.4 Å². The topological polar surface area (TPSA) is 0 Å². The van der Waals surface area contributed by atoms with Crippen LogP contribution in [0.5, 0.6) is 0 Å². The van der Waals surface area contributed by atoms with Crippen LogP contribution >= 0.6 is 0 Å². The number of quaternary nitrogens is 1. The van der Waals surface area contributed by atoms with E-state index in [0.29, 0.717) is 0 Å². The molecule has 0 unspecified atom stereocenters. The summed E-state index contributed by atoms with van der Waals surface area (Å²) in [6, 6.07) is 0.939. The Bertz CT molecular complexity index is 163. The summed E-state index contributed by atoms with van der Waals surface area (Å²) in [5.41, 5.74) is 0. The van der Waals surface area contributed by atoms with Crippen LogP contribution in [-0.4, -0.2) is 45.0 Å². The first kappa shape index (κ1) is 19.9. The highest BCUT2D eigenvalue weighted by molar-refractivity contribution is 4.64. The minimum absolute atomic E-state index is 0.939. The molecule has 1 aliphatic rings. The molecule has 0 aromatic carbocycles. The van der Waals surface area contributed by atoms with Gasteiger partial charge < -0.3 is 4.48 Å². The maximum atomic E-state index is 9.67. The highest BCUT2D eigenvalue weighted by Crippen LogP contribution is 2.23. The van der Waals surface area contributed by atoms with Gasteiger partial charge in [0, 0.05) is 0 Å². The zero-order valence-corrected chi connectivity index (χ0v) is 11.0. The molecule has 1 fully saturated rings. The van der Waals surface area contributed by atoms with E-state index in [2.05, 4.69) is 21.1 Å². The SMILES string of the molecule is C[N+](C)(C)C1CCCCC1.FC(F)F.FC(F)F. The maximum absolute atomic E-state index is 9.67. The first-order valence-electron chi connectivity index (χ1n) is 5.73. The molecule has 1 aliphatic carbocycles. The molecule has 0 heterocycles. The molecule has 0 spiro atoms. The van der Waals surface area contributed by atoms with Crippen LogP contribution in [0.2, 0.25) is 0 Å². The van der Waals surface area contributed by atoms with E-state index in [-0.39, 0.29) is 0 Å². The second kappa shape index (κ2) is 10.5. The number of hydrogen-bond donors (Lipinski definition) is 0. The van der Waals surface area contributed by atoms with Crippen molar-refractivity contribution in [2.45, 2.75) is 51.5 Å². The van der Waals surface area contributed by atoms with Gasteiger partial charge in [0.25, 0.3) is 0 Å². The van der Waals surface area contributed by atoms with Gasteiger partial charge in [0.2, 0.25) is 0 Å². The Labute approximate surface area is 104 Å². The Balaban J connectivity index is 0. The lowest BCUT2D eigenvalue weighted by atomic mass is 9.94. The van der Waals surface area contributed by atoms with Crippen molar-refractivity contribution in [2.24, 2.45) is 0 Å². The van der Waals surface area contributed by atoms with Gasteiger partial charge in [0.05, 0.1) is 27.2 Å². The van der Waals surface area contributed by atoms with Crippen molar-refractivity contribution >= 4 is 0 Å². The van der Waals surface area contributed by atoms with Crippen LogP contribution in [-0.2, 0) is 0 Å². The van der Waals surface area contributed by atoms with Gasteiger partial charge in [0.1, 0.15) is 0 Å². The zero-order chi connectivity index (χ0) is 14.8. The zero-order valence-electron chi connectivity index (χ0n) is 11.0. The van der Waals surface area contributed by atoms with Gasteiger partial charge in [-0.3, -0.25) is 0 Å². The third kappa shape index (κ3) is 17.9. The van der Waals surface area contributed by atoms with Gasteiger partial charge >= 0.3 is 13.4 Å². The minimum atomic E-state index is -3.67. The monoisotopic (exact) mass is 282 g/mol. The predicted molar refractivity (Wildman–Crippen MR) is 59.1 cm³/mol. The Morgan fingerprint density at radius 1 is 0.722 bits per heavy atom. The number of hydrogen-bond acceptors (Lipinski definition) is 0. The number of rotatable bonds is 1. The molecular weight excluding hydrogens is 260 g/mol. The van der Waals surface area contributed by atoms with Gasteiger partial charge in [-0.25, -0.2) is 0 Å². The van der Waals surface area contributed by atoms with E-state index in [4.69, 9.17) is 0 Å². The number of alkyl halides is 6. The molecule has 0 bridgehead atoms. The van der Waals surface area contributed by atoms with Crippen molar-refractivity contribution < 1.29 is 30.8 Å². The largest absolute Gasteiger partial charge is 0.379 e. The van der Waals surface area contributed by atoms with E-state index in [1.807, 2.05) is 0 Å². The van der Waals surface area contributed by atoms with Crippen molar-refractivity contribution in [2.75, 3.05) is 21.1 Å². The summed E-state index contributed by atoms with van der Waals surface area (Å²) in [6.45, 7) is -7.33. The van der Waals surface area contributed by atoms with Gasteiger partial charge in [-0.1, -0.05) is 6.42 Å². The molecule has 0 aliphatic heterocycles. The predicted octanol–water partition coefficient (Wildman–Crippen LogP) is 4.38. The molecular formula is C11H22F6N+. The highest BCUT2D eigenvalue weighted by Gasteiger charge is 2.24. The van der Waals surface area contributed by atoms with Crippen molar-refractivity contribution in [3.8, 4) is 0 Å². The summed E-state index contributed by atoms with van der Waals surface area (Å²) < 4.78 is 59.2. The molecule has 0 radical (unpaired) electrons. The molecule has 0 N–H and O–H groups in total. The van der Waals surface area contributed by atoms with Gasteiger partial charge in [-0.05, 0) is 25.7 Å². The van der Waals surface area contributed by atoms with Crippen LogP contribution in [0.25, 0.3) is 0 Å². The summed E-state index contributed by atoms with van der Waals surface area (Å²) in [4.78, 5) is 0. The lowest BCUT2D eigenvalue weighted by Crippen LogP contribution is -2.45. The van der Waals surface area contributed by atoms with Gasteiger partial charge in [0.15, 0.2) is 0 Å². The van der Waals surface area contributed by atoms with E-state index >= 15 is 0 Å². The summed E-state index contributed by atoms with van der Waals surface area (Å²) in [7, 11) is 6.95. The molecule has 1 rings (SSSR count). The Morgan fingerprint density at radius 3 is 1.17 bits per heavy atom. The Kier molecular flexibility index (Phi) is 11.5. The van der Waals surface area contributed by atoms with Crippen LogP contribution in [0.4, 0.5) is 26.3 Å². The molecule has 0 amide bonds. The second-order valence-corrected chi connectivity index (χ2v) is 4.90. The van der Waals surface area contributed by atoms with E-state index in [0.717, 1.165) is 6.04 Å². The molecule has 1 saturated carbocycles. The molecule has 0 aromatic heterocycles. The van der Waals surface area contributed by atoms with Crippen molar-refractivity contribution in [3.63, 3.8) is 0 Å². The molecule has 1 nitrogen and oxygen atoms in total. The number of halogens is 6. The van der Waals surface area contributed by atoms with Crippen LogP contribution in [0, 0.1) is 0 Å². The van der Waals surface area contributed by atoms with E-state index in [1.54, 1.807) is 0 Å². The number of nitrogens with zero attached hydrogens (tertiary/aromatic N) is 1. The first-order chi connectivity index (χ1) is 8.07. The highest BCUT2D eigenvalue weighted by atomic mass is 19.4. The molecule has 7 heteroatoms. The lowest BCUT2D eigenvalue weighted by Gasteiger charge is -2.36. The van der Waals surface area contributed by atoms with Crippen LogP contribution < -0.4 is 0 Å². The average molecular weight is 282 g/mol. The maximum Gasteiger partial charge on any atom is 0.379 e. The summed E-state index contributed by atoms with van der Waals surface area (Å²) in [5, 5.41) is 0. The first-order valence-corrected chi connectivity index (χ1v) is 5.73. The van der Waals surface area contributed by atoms with E-state index in [9.17, 15) is 26.3 Å². The summed E-state index contributed by atoms with van der Waals surface area (Å²) in [5.74, 6) is 0. The second-order valence-electron chi connectivity index (χ2n) is 4.90. The minimum Gasteiger partial charge on any atom is -0.328 e. The van der Waals surface area contributed by atoms with Crippen molar-refractivity contribution in [3.05, 3.63) is 0 Å². The summed E-state index contributed by atoms with van der Waals surface area (Å²) >= 11 is 0. The fourth-order valence-corrected chi connectivity index (χ4v) is 1.86. The molecule has 18 heavy (non-hydrogen) atoms. The molecule has 0 saturated heterocycles. The van der Waals surface area contributed by atoms with E-state index in [1.165, 1.54) is 36.6 Å². The van der Waals surface area contributed by atoms with Gasteiger partial charge in [-0.2, -0.15) is 26.3 Å². The lowest BCUT2D eigenvalue weighted by molar-refractivity contribution is -0.897.